The van der Waals surface area contributed by atoms with Gasteiger partial charge in [0, 0.05) is 13.5 Å². The van der Waals surface area contributed by atoms with E-state index in [2.05, 4.69) is 10.4 Å². The first-order chi connectivity index (χ1) is 13.5. The number of hydrogen-bond acceptors (Lipinski definition) is 4. The zero-order valence-corrected chi connectivity index (χ0v) is 15.5. The number of carbonyl (C=O) groups excluding carboxylic acids is 2. The second-order valence-corrected chi connectivity index (χ2v) is 6.85. The van der Waals surface area contributed by atoms with Gasteiger partial charge in [0.05, 0.1) is 23.4 Å². The molecule has 0 fully saturated rings. The number of benzene rings is 2. The van der Waals surface area contributed by atoms with Gasteiger partial charge in [-0.15, -0.1) is 0 Å². The molecule has 1 N–H and O–H groups in total. The Morgan fingerprint density at radius 3 is 2.71 bits per heavy atom. The fourth-order valence-corrected chi connectivity index (χ4v) is 3.75. The summed E-state index contributed by atoms with van der Waals surface area (Å²) in [6.07, 6.45) is 2.14. The van der Waals surface area contributed by atoms with Gasteiger partial charge in [0.2, 0.25) is 11.8 Å². The van der Waals surface area contributed by atoms with E-state index in [0.717, 1.165) is 22.2 Å². The lowest BCUT2D eigenvalue weighted by atomic mass is 9.90. The number of fused-ring (bicyclic) bond motifs is 2. The Morgan fingerprint density at radius 2 is 1.89 bits per heavy atom. The molecule has 1 atom stereocenters. The lowest BCUT2D eigenvalue weighted by Crippen LogP contribution is -2.41. The van der Waals surface area contributed by atoms with Crippen molar-refractivity contribution in [1.82, 2.24) is 14.6 Å². The molecule has 2 heterocycles. The molecule has 7 nitrogen and oxygen atoms in total. The van der Waals surface area contributed by atoms with Gasteiger partial charge in [-0.1, -0.05) is 36.4 Å². The Balaban J connectivity index is 1.60. The van der Waals surface area contributed by atoms with Crippen LogP contribution in [-0.4, -0.2) is 32.9 Å². The van der Waals surface area contributed by atoms with Gasteiger partial charge >= 0.3 is 0 Å². The third-order valence-electron chi connectivity index (χ3n) is 5.11. The molecule has 3 aromatic rings. The van der Waals surface area contributed by atoms with Crippen LogP contribution in [0.15, 0.2) is 59.7 Å². The van der Waals surface area contributed by atoms with Crippen LogP contribution in [-0.2, 0) is 16.0 Å². The maximum Gasteiger partial charge on any atom is 0.280 e. The topological polar surface area (TPSA) is 84.3 Å². The molecule has 1 aromatic heterocycles. The van der Waals surface area contributed by atoms with E-state index in [1.54, 1.807) is 29.2 Å². The second-order valence-electron chi connectivity index (χ2n) is 6.85. The summed E-state index contributed by atoms with van der Waals surface area (Å²) in [5.74, 6) is -0.427. The highest BCUT2D eigenvalue weighted by Gasteiger charge is 2.30. The lowest BCUT2D eigenvalue weighted by Gasteiger charge is -2.36. The van der Waals surface area contributed by atoms with E-state index in [0.29, 0.717) is 17.4 Å². The van der Waals surface area contributed by atoms with E-state index in [-0.39, 0.29) is 29.8 Å². The number of carbonyl (C=O) groups is 2. The molecule has 0 saturated carbocycles. The highest BCUT2D eigenvalue weighted by Crippen LogP contribution is 2.32. The molecule has 4 rings (SSSR count). The highest BCUT2D eigenvalue weighted by molar-refractivity contribution is 5.86. The monoisotopic (exact) mass is 376 g/mol. The average molecular weight is 376 g/mol. The normalized spacial score (nSPS) is 15.9. The number of rotatable bonds is 3. The molecule has 2 aromatic carbocycles. The summed E-state index contributed by atoms with van der Waals surface area (Å²) in [7, 11) is 0. The summed E-state index contributed by atoms with van der Waals surface area (Å²) in [5.41, 5.74) is 4.95. The SMILES string of the molecule is CC(=O)N1CCc2ccccc2C1CC(=O)Nn1cnc2ccccc2c1=O. The Labute approximate surface area is 161 Å². The molecule has 0 spiro atoms. The van der Waals surface area contributed by atoms with Gasteiger partial charge in [0.1, 0.15) is 6.33 Å². The zero-order valence-electron chi connectivity index (χ0n) is 15.5. The molecule has 1 unspecified atom stereocenters. The van der Waals surface area contributed by atoms with Crippen LogP contribution in [0.1, 0.15) is 30.5 Å². The van der Waals surface area contributed by atoms with Gasteiger partial charge in [-0.2, -0.15) is 0 Å². The highest BCUT2D eigenvalue weighted by atomic mass is 16.2. The van der Waals surface area contributed by atoms with Crippen LogP contribution in [0.25, 0.3) is 10.9 Å². The lowest BCUT2D eigenvalue weighted by molar-refractivity contribution is -0.132. The molecule has 0 radical (unpaired) electrons. The maximum atomic E-state index is 12.7. The van der Waals surface area contributed by atoms with E-state index in [1.807, 2.05) is 24.3 Å². The van der Waals surface area contributed by atoms with Gasteiger partial charge in [-0.25, -0.2) is 9.66 Å². The van der Waals surface area contributed by atoms with E-state index in [9.17, 15) is 14.4 Å². The van der Waals surface area contributed by atoms with Gasteiger partial charge < -0.3 is 4.90 Å². The van der Waals surface area contributed by atoms with Crippen molar-refractivity contribution in [3.8, 4) is 0 Å². The largest absolute Gasteiger partial charge is 0.335 e. The standard InChI is InChI=1S/C21H20N4O3/c1-14(26)24-11-10-15-6-2-3-7-16(15)19(24)12-20(27)23-25-13-22-18-9-5-4-8-17(18)21(25)28/h2-9,13,19H,10-12H2,1H3,(H,23,27). The Bertz CT molecular complexity index is 1120. The zero-order chi connectivity index (χ0) is 19.7. The van der Waals surface area contributed by atoms with Crippen LogP contribution < -0.4 is 11.0 Å². The number of amides is 2. The first-order valence-electron chi connectivity index (χ1n) is 9.16. The van der Waals surface area contributed by atoms with Crippen LogP contribution in [0.2, 0.25) is 0 Å². The third kappa shape index (κ3) is 3.26. The minimum absolute atomic E-state index is 0.0653. The van der Waals surface area contributed by atoms with Gasteiger partial charge in [0.25, 0.3) is 5.56 Å². The number of hydrogen-bond donors (Lipinski definition) is 1. The van der Waals surface area contributed by atoms with Gasteiger partial charge in [-0.3, -0.25) is 19.8 Å². The fraction of sp³-hybridized carbons (Fsp3) is 0.238. The van der Waals surface area contributed by atoms with Crippen molar-refractivity contribution in [3.05, 3.63) is 76.3 Å². The van der Waals surface area contributed by atoms with Gasteiger partial charge in [0.15, 0.2) is 0 Å². The molecule has 2 amide bonds. The maximum absolute atomic E-state index is 12.7. The molecule has 0 bridgehead atoms. The first kappa shape index (κ1) is 17.9. The molecule has 0 saturated heterocycles. The summed E-state index contributed by atoms with van der Waals surface area (Å²) < 4.78 is 1.09. The second kappa shape index (κ2) is 7.26. The van der Waals surface area contributed by atoms with Crippen LogP contribution in [0, 0.1) is 0 Å². The number of nitrogens with zero attached hydrogens (tertiary/aromatic N) is 3. The Morgan fingerprint density at radius 1 is 1.14 bits per heavy atom. The molecule has 28 heavy (non-hydrogen) atoms. The van der Waals surface area contributed by atoms with Crippen molar-refractivity contribution in [1.29, 1.82) is 0 Å². The molecule has 0 aliphatic carbocycles. The Kier molecular flexibility index (Phi) is 4.65. The average Bonchev–Trinajstić information content (AvgIpc) is 2.70. The minimum Gasteiger partial charge on any atom is -0.335 e. The van der Waals surface area contributed by atoms with Crippen molar-refractivity contribution < 1.29 is 9.59 Å². The van der Waals surface area contributed by atoms with Crippen LogP contribution >= 0.6 is 0 Å². The Hall–Kier alpha value is -3.48. The smallest absolute Gasteiger partial charge is 0.280 e. The fourth-order valence-electron chi connectivity index (χ4n) is 3.75. The van der Waals surface area contributed by atoms with Crippen LogP contribution in [0.4, 0.5) is 0 Å². The molecular formula is C21H20N4O3. The number of para-hydroxylation sites is 1. The number of nitrogens with one attached hydrogen (secondary N) is 1. The van der Waals surface area contributed by atoms with Crippen molar-refractivity contribution in [2.45, 2.75) is 25.8 Å². The molecular weight excluding hydrogens is 356 g/mol. The van der Waals surface area contributed by atoms with E-state index in [1.165, 1.54) is 13.3 Å². The predicted octanol–water partition coefficient (Wildman–Crippen LogP) is 2.00. The quantitative estimate of drug-likeness (QED) is 0.758. The summed E-state index contributed by atoms with van der Waals surface area (Å²) in [5, 5.41) is 0.429. The number of aromatic nitrogens is 2. The van der Waals surface area contributed by atoms with E-state index < -0.39 is 0 Å². The van der Waals surface area contributed by atoms with Crippen molar-refractivity contribution >= 4 is 22.7 Å². The summed E-state index contributed by atoms with van der Waals surface area (Å²) in [6.45, 7) is 2.08. The van der Waals surface area contributed by atoms with Crippen LogP contribution in [0.3, 0.4) is 0 Å². The molecule has 7 heteroatoms. The minimum atomic E-state index is -0.355. The summed E-state index contributed by atoms with van der Waals surface area (Å²) in [6, 6.07) is 14.4. The third-order valence-corrected chi connectivity index (χ3v) is 5.11. The summed E-state index contributed by atoms with van der Waals surface area (Å²) in [4.78, 5) is 43.3. The first-order valence-corrected chi connectivity index (χ1v) is 9.16. The molecule has 142 valence electrons. The molecule has 1 aliphatic rings. The van der Waals surface area contributed by atoms with Crippen molar-refractivity contribution in [2.75, 3.05) is 12.0 Å². The van der Waals surface area contributed by atoms with Crippen molar-refractivity contribution in [3.63, 3.8) is 0 Å². The summed E-state index contributed by atoms with van der Waals surface area (Å²) >= 11 is 0. The van der Waals surface area contributed by atoms with E-state index in [4.69, 9.17) is 0 Å². The predicted molar refractivity (Wildman–Crippen MR) is 105 cm³/mol. The molecule has 1 aliphatic heterocycles. The van der Waals surface area contributed by atoms with Crippen molar-refractivity contribution in [2.24, 2.45) is 0 Å². The van der Waals surface area contributed by atoms with Gasteiger partial charge in [-0.05, 0) is 29.7 Å². The van der Waals surface area contributed by atoms with Crippen LogP contribution in [0.5, 0.6) is 0 Å². The van der Waals surface area contributed by atoms with E-state index >= 15 is 0 Å².